The van der Waals surface area contributed by atoms with Gasteiger partial charge in [0.2, 0.25) is 5.91 Å². The second-order valence-electron chi connectivity index (χ2n) is 8.45. The van der Waals surface area contributed by atoms with Crippen LogP contribution in [-0.4, -0.2) is 42.9 Å². The molecule has 0 radical (unpaired) electrons. The first-order valence-corrected chi connectivity index (χ1v) is 13.9. The number of benzene rings is 1. The maximum atomic E-state index is 13.1. The van der Waals surface area contributed by atoms with Crippen molar-refractivity contribution in [3.05, 3.63) is 40.3 Å². The lowest BCUT2D eigenvalue weighted by molar-refractivity contribution is -0.158. The first-order chi connectivity index (χ1) is 13.1. The van der Waals surface area contributed by atoms with Gasteiger partial charge in [0.25, 0.3) is 0 Å². The first kappa shape index (κ1) is 21.5. The Hall–Kier alpha value is -1.22. The number of thioether (sulfide) groups is 2. The van der Waals surface area contributed by atoms with Crippen molar-refractivity contribution in [3.8, 4) is 0 Å². The third-order valence-corrected chi connectivity index (χ3v) is 8.49. The molecule has 2 aliphatic rings. The van der Waals surface area contributed by atoms with Gasteiger partial charge in [-0.3, -0.25) is 9.69 Å². The molecule has 28 heavy (non-hydrogen) atoms. The normalized spacial score (nSPS) is 23.1. The van der Waals surface area contributed by atoms with Gasteiger partial charge >= 0.3 is 5.97 Å². The maximum Gasteiger partial charge on any atom is 0.354 e. The summed E-state index contributed by atoms with van der Waals surface area (Å²) in [4.78, 5) is 27.4. The largest absolute Gasteiger partial charge is 0.477 e. The summed E-state index contributed by atoms with van der Waals surface area (Å²) in [6.45, 7) is 11.2. The van der Waals surface area contributed by atoms with E-state index < -0.39 is 15.0 Å². The molecule has 1 amide bonds. The van der Waals surface area contributed by atoms with E-state index in [1.165, 1.54) is 28.4 Å². The molecule has 1 N–H and O–H groups in total. The Kier molecular flexibility index (Phi) is 6.34. The molecule has 152 valence electrons. The fraction of sp³-hybridized carbons (Fsp3) is 0.500. The number of fused-ring (bicyclic) bond motifs is 1. The lowest BCUT2D eigenvalue weighted by atomic mass is 9.70. The lowest BCUT2D eigenvalue weighted by Gasteiger charge is -2.49. The lowest BCUT2D eigenvalue weighted by Crippen LogP contribution is -2.62. The number of nitrogens with zero attached hydrogens (tertiary/aromatic N) is 1. The zero-order chi connectivity index (χ0) is 20.6. The molecular weight excluding hydrogens is 410 g/mol. The molecule has 1 aromatic carbocycles. The third-order valence-electron chi connectivity index (χ3n) is 5.06. The number of aliphatic carboxylic acids is 1. The molecule has 1 saturated heterocycles. The van der Waals surface area contributed by atoms with E-state index in [2.05, 4.69) is 33.9 Å². The van der Waals surface area contributed by atoms with E-state index in [0.717, 1.165) is 4.90 Å². The van der Waals surface area contributed by atoms with Gasteiger partial charge in [-0.15, -0.1) is 0 Å². The molecule has 1 fully saturated rings. The molecule has 0 bridgehead atoms. The predicted molar refractivity (Wildman–Crippen MR) is 116 cm³/mol. The van der Waals surface area contributed by atoms with Gasteiger partial charge in [-0.1, -0.05) is 62.5 Å². The van der Waals surface area contributed by atoms with Gasteiger partial charge in [-0.25, -0.2) is 4.79 Å². The Morgan fingerprint density at radius 3 is 2.50 bits per heavy atom. The molecule has 2 aliphatic heterocycles. The van der Waals surface area contributed by atoms with Crippen molar-refractivity contribution in [3.63, 3.8) is 0 Å². The van der Waals surface area contributed by atoms with Gasteiger partial charge in [-0.05, 0) is 30.6 Å². The Morgan fingerprint density at radius 1 is 1.32 bits per heavy atom. The molecule has 0 saturated carbocycles. The predicted octanol–water partition coefficient (Wildman–Crippen LogP) is 4.23. The van der Waals surface area contributed by atoms with Crippen LogP contribution in [0.4, 0.5) is 0 Å². The Labute approximate surface area is 176 Å². The van der Waals surface area contributed by atoms with Gasteiger partial charge in [0.1, 0.15) is 5.37 Å². The van der Waals surface area contributed by atoms with Crippen molar-refractivity contribution < 1.29 is 19.1 Å². The van der Waals surface area contributed by atoms with Crippen LogP contribution in [0.3, 0.4) is 0 Å². The Bertz CT molecular complexity index is 791. The number of β-lactam (4-membered cyclic amide) rings is 1. The van der Waals surface area contributed by atoms with E-state index >= 15 is 0 Å². The number of rotatable bonds is 7. The fourth-order valence-corrected chi connectivity index (χ4v) is 6.97. The van der Waals surface area contributed by atoms with Crippen molar-refractivity contribution in [1.82, 2.24) is 4.90 Å². The zero-order valence-corrected chi connectivity index (χ0v) is 19.6. The molecule has 0 aromatic heterocycles. The SMILES string of the molecule is C[SiH](C)OC[C@H]([C@H]1C(=O)N2C(C(=O)O)=C(Sc3ccccc3)SC12)C(C)(C)C. The summed E-state index contributed by atoms with van der Waals surface area (Å²) in [5.74, 6) is -1.30. The van der Waals surface area contributed by atoms with Crippen molar-refractivity contribution in [2.24, 2.45) is 17.3 Å². The second kappa shape index (κ2) is 8.26. The van der Waals surface area contributed by atoms with E-state index in [1.54, 1.807) is 0 Å². The highest BCUT2D eigenvalue weighted by Crippen LogP contribution is 2.57. The van der Waals surface area contributed by atoms with E-state index in [9.17, 15) is 14.7 Å². The van der Waals surface area contributed by atoms with Crippen LogP contribution in [0.15, 0.2) is 45.2 Å². The highest BCUT2D eigenvalue weighted by Gasteiger charge is 2.60. The number of carboxylic acids is 1. The monoisotopic (exact) mass is 437 g/mol. The smallest absolute Gasteiger partial charge is 0.354 e. The summed E-state index contributed by atoms with van der Waals surface area (Å²) in [6.07, 6.45) is 0. The summed E-state index contributed by atoms with van der Waals surface area (Å²) in [6, 6.07) is 9.68. The molecule has 0 spiro atoms. The molecule has 1 unspecified atom stereocenters. The summed E-state index contributed by atoms with van der Waals surface area (Å²) in [5, 5.41) is 9.60. The molecule has 2 heterocycles. The summed E-state index contributed by atoms with van der Waals surface area (Å²) in [5.41, 5.74) is 0.0199. The van der Waals surface area contributed by atoms with Crippen LogP contribution in [0, 0.1) is 17.3 Å². The van der Waals surface area contributed by atoms with Crippen LogP contribution >= 0.6 is 23.5 Å². The number of carbonyl (C=O) groups excluding carboxylic acids is 1. The second-order valence-corrected chi connectivity index (χ2v) is 13.4. The molecule has 0 aliphatic carbocycles. The number of hydrogen-bond donors (Lipinski definition) is 1. The highest BCUT2D eigenvalue weighted by atomic mass is 32.2. The van der Waals surface area contributed by atoms with E-state index in [0.29, 0.717) is 10.8 Å². The zero-order valence-electron chi connectivity index (χ0n) is 16.8. The molecule has 1 aromatic rings. The topological polar surface area (TPSA) is 66.8 Å². The average molecular weight is 438 g/mol. The summed E-state index contributed by atoms with van der Waals surface area (Å²) < 4.78 is 6.69. The average Bonchev–Trinajstić information content (AvgIpc) is 2.93. The number of carbonyl (C=O) groups is 2. The molecule has 3 atom stereocenters. The first-order valence-electron chi connectivity index (χ1n) is 9.43. The number of carboxylic acid groups (broad SMARTS) is 1. The van der Waals surface area contributed by atoms with Gasteiger partial charge in [-0.2, -0.15) is 0 Å². The molecule has 8 heteroatoms. The van der Waals surface area contributed by atoms with Crippen molar-refractivity contribution >= 4 is 44.4 Å². The minimum absolute atomic E-state index is 0.0553. The standard InChI is InChI=1S/C20H27NO4S2Si/c1-20(2,3)13(11-25-28(4)5)14-16(22)21-15(18(23)24)19(27-17(14)21)26-12-9-7-6-8-10-12/h6-10,13-14,17,28H,11H2,1-5H3,(H,23,24)/t13-,14+,17?/m1/s1. The van der Waals surface area contributed by atoms with E-state index in [1.807, 2.05) is 30.3 Å². The Morgan fingerprint density at radius 2 is 1.96 bits per heavy atom. The van der Waals surface area contributed by atoms with Crippen LogP contribution < -0.4 is 0 Å². The number of amides is 1. The van der Waals surface area contributed by atoms with Crippen molar-refractivity contribution in [1.29, 1.82) is 0 Å². The minimum Gasteiger partial charge on any atom is -0.477 e. The van der Waals surface area contributed by atoms with Crippen LogP contribution in [0.25, 0.3) is 0 Å². The maximum absolute atomic E-state index is 13.1. The van der Waals surface area contributed by atoms with Crippen LogP contribution in [-0.2, 0) is 14.0 Å². The van der Waals surface area contributed by atoms with Crippen LogP contribution in [0.1, 0.15) is 20.8 Å². The number of hydrogen-bond acceptors (Lipinski definition) is 5. The highest BCUT2D eigenvalue weighted by molar-refractivity contribution is 8.22. The van der Waals surface area contributed by atoms with Gasteiger partial charge in [0, 0.05) is 17.4 Å². The quantitative estimate of drug-likeness (QED) is 0.509. The van der Waals surface area contributed by atoms with Crippen LogP contribution in [0.2, 0.25) is 13.1 Å². The molecule has 5 nitrogen and oxygen atoms in total. The van der Waals surface area contributed by atoms with E-state index in [-0.39, 0.29) is 34.2 Å². The minimum atomic E-state index is -1.20. The van der Waals surface area contributed by atoms with Crippen molar-refractivity contribution in [2.45, 2.75) is 44.1 Å². The molecular formula is C20H27NO4S2Si. The third kappa shape index (κ3) is 4.20. The van der Waals surface area contributed by atoms with Gasteiger partial charge in [0.15, 0.2) is 14.7 Å². The summed E-state index contributed by atoms with van der Waals surface area (Å²) >= 11 is 2.93. The van der Waals surface area contributed by atoms with Gasteiger partial charge < -0.3 is 9.53 Å². The van der Waals surface area contributed by atoms with Gasteiger partial charge in [0.05, 0.1) is 10.2 Å². The Balaban J connectivity index is 1.85. The molecule has 3 rings (SSSR count). The summed E-state index contributed by atoms with van der Waals surface area (Å²) in [7, 11) is -1.20. The fourth-order valence-electron chi connectivity index (χ4n) is 3.53. The van der Waals surface area contributed by atoms with Crippen molar-refractivity contribution in [2.75, 3.05) is 6.61 Å². The van der Waals surface area contributed by atoms with Crippen LogP contribution in [0.5, 0.6) is 0 Å². The van der Waals surface area contributed by atoms with E-state index in [4.69, 9.17) is 4.43 Å².